The van der Waals surface area contributed by atoms with Crippen molar-refractivity contribution in [1.29, 1.82) is 0 Å². The summed E-state index contributed by atoms with van der Waals surface area (Å²) in [7, 11) is 0. The molecule has 0 unspecified atom stereocenters. The van der Waals surface area contributed by atoms with Gasteiger partial charge in [0.15, 0.2) is 0 Å². The highest BCUT2D eigenvalue weighted by molar-refractivity contribution is 5.77. The monoisotopic (exact) mass is 255 g/mol. The maximum Gasteiger partial charge on any atom is 0.307 e. The standard InChI is InChI=1S/C14H25NO3/c1-2-11-18-14(17)9-10-15-13(16)8-7-12-5-3-4-6-12/h12H,2-11H2,1H3,(H,15,16). The van der Waals surface area contributed by atoms with Crippen molar-refractivity contribution in [3.05, 3.63) is 0 Å². The number of hydrogen-bond donors (Lipinski definition) is 1. The van der Waals surface area contributed by atoms with E-state index in [1.807, 2.05) is 6.92 Å². The van der Waals surface area contributed by atoms with Crippen LogP contribution in [-0.2, 0) is 14.3 Å². The molecule has 0 saturated heterocycles. The first-order chi connectivity index (χ1) is 8.72. The van der Waals surface area contributed by atoms with Crippen molar-refractivity contribution in [3.63, 3.8) is 0 Å². The van der Waals surface area contributed by atoms with Gasteiger partial charge in [0.2, 0.25) is 5.91 Å². The van der Waals surface area contributed by atoms with Crippen molar-refractivity contribution < 1.29 is 14.3 Å². The molecular formula is C14H25NO3. The Balaban J connectivity index is 1.97. The number of amides is 1. The van der Waals surface area contributed by atoms with Crippen molar-refractivity contribution in [2.75, 3.05) is 13.2 Å². The average molecular weight is 255 g/mol. The van der Waals surface area contributed by atoms with Crippen LogP contribution in [0, 0.1) is 5.92 Å². The summed E-state index contributed by atoms with van der Waals surface area (Å²) in [6.07, 6.45) is 7.87. The third kappa shape index (κ3) is 6.62. The second-order valence-corrected chi connectivity index (χ2v) is 5.01. The van der Waals surface area contributed by atoms with Gasteiger partial charge in [-0.3, -0.25) is 9.59 Å². The highest BCUT2D eigenvalue weighted by atomic mass is 16.5. The molecular weight excluding hydrogens is 230 g/mol. The zero-order chi connectivity index (χ0) is 13.2. The highest BCUT2D eigenvalue weighted by Gasteiger charge is 2.16. The number of nitrogens with one attached hydrogen (secondary N) is 1. The van der Waals surface area contributed by atoms with Crippen LogP contribution in [-0.4, -0.2) is 25.0 Å². The maximum atomic E-state index is 11.5. The van der Waals surface area contributed by atoms with E-state index in [0.717, 1.165) is 18.8 Å². The molecule has 0 heterocycles. The van der Waals surface area contributed by atoms with E-state index in [2.05, 4.69) is 5.32 Å². The van der Waals surface area contributed by atoms with Gasteiger partial charge in [-0.1, -0.05) is 32.6 Å². The Morgan fingerprint density at radius 3 is 2.61 bits per heavy atom. The van der Waals surface area contributed by atoms with Crippen molar-refractivity contribution in [2.24, 2.45) is 5.92 Å². The first kappa shape index (κ1) is 15.0. The molecule has 0 aromatic carbocycles. The molecule has 4 nitrogen and oxygen atoms in total. The number of rotatable bonds is 8. The first-order valence-electron chi connectivity index (χ1n) is 7.14. The molecule has 1 aliphatic carbocycles. The summed E-state index contributed by atoms with van der Waals surface area (Å²) < 4.78 is 4.92. The third-order valence-corrected chi connectivity index (χ3v) is 3.37. The molecule has 1 fully saturated rings. The molecule has 0 spiro atoms. The molecule has 0 aliphatic heterocycles. The summed E-state index contributed by atoms with van der Waals surface area (Å²) in [4.78, 5) is 22.7. The van der Waals surface area contributed by atoms with E-state index >= 15 is 0 Å². The van der Waals surface area contributed by atoms with Gasteiger partial charge in [0.25, 0.3) is 0 Å². The predicted octanol–water partition coefficient (Wildman–Crippen LogP) is 2.42. The summed E-state index contributed by atoms with van der Waals surface area (Å²) in [6, 6.07) is 0. The molecule has 1 saturated carbocycles. The number of hydrogen-bond acceptors (Lipinski definition) is 3. The summed E-state index contributed by atoms with van der Waals surface area (Å²) in [5, 5.41) is 2.77. The van der Waals surface area contributed by atoms with Crippen LogP contribution < -0.4 is 5.32 Å². The van der Waals surface area contributed by atoms with Crippen molar-refractivity contribution in [3.8, 4) is 0 Å². The second-order valence-electron chi connectivity index (χ2n) is 5.01. The Morgan fingerprint density at radius 1 is 1.22 bits per heavy atom. The van der Waals surface area contributed by atoms with Gasteiger partial charge in [0, 0.05) is 13.0 Å². The van der Waals surface area contributed by atoms with Crippen LogP contribution in [0.3, 0.4) is 0 Å². The Labute approximate surface area is 109 Å². The average Bonchev–Trinajstić information content (AvgIpc) is 2.87. The summed E-state index contributed by atoms with van der Waals surface area (Å²) in [6.45, 7) is 2.82. The predicted molar refractivity (Wildman–Crippen MR) is 70.1 cm³/mol. The molecule has 0 atom stereocenters. The van der Waals surface area contributed by atoms with Gasteiger partial charge in [0.05, 0.1) is 13.0 Å². The number of esters is 1. The minimum Gasteiger partial charge on any atom is -0.466 e. The van der Waals surface area contributed by atoms with E-state index in [9.17, 15) is 9.59 Å². The van der Waals surface area contributed by atoms with E-state index in [1.165, 1.54) is 25.7 Å². The molecule has 4 heteroatoms. The molecule has 0 aromatic rings. The maximum absolute atomic E-state index is 11.5. The minimum absolute atomic E-state index is 0.0604. The van der Waals surface area contributed by atoms with E-state index in [1.54, 1.807) is 0 Å². The largest absolute Gasteiger partial charge is 0.466 e. The second kappa shape index (κ2) is 8.95. The van der Waals surface area contributed by atoms with Gasteiger partial charge in [-0.2, -0.15) is 0 Å². The van der Waals surface area contributed by atoms with E-state index < -0.39 is 0 Å². The van der Waals surface area contributed by atoms with Crippen LogP contribution in [0.1, 0.15) is 58.3 Å². The zero-order valence-electron chi connectivity index (χ0n) is 11.4. The molecule has 0 radical (unpaired) electrons. The zero-order valence-corrected chi connectivity index (χ0v) is 11.4. The Kier molecular flexibility index (Phi) is 7.46. The third-order valence-electron chi connectivity index (χ3n) is 3.37. The fourth-order valence-corrected chi connectivity index (χ4v) is 2.31. The SMILES string of the molecule is CCCOC(=O)CCNC(=O)CCC1CCCC1. The minimum atomic E-state index is -0.229. The fourth-order valence-electron chi connectivity index (χ4n) is 2.31. The molecule has 18 heavy (non-hydrogen) atoms. The lowest BCUT2D eigenvalue weighted by molar-refractivity contribution is -0.143. The molecule has 1 aliphatic rings. The number of ether oxygens (including phenoxy) is 1. The summed E-state index contributed by atoms with van der Waals surface area (Å²) in [5.74, 6) is 0.573. The lowest BCUT2D eigenvalue weighted by atomic mass is 10.0. The lowest BCUT2D eigenvalue weighted by Crippen LogP contribution is -2.26. The van der Waals surface area contributed by atoms with Crippen LogP contribution in [0.15, 0.2) is 0 Å². The molecule has 1 amide bonds. The molecule has 1 rings (SSSR count). The van der Waals surface area contributed by atoms with Crippen molar-refractivity contribution in [2.45, 2.75) is 58.3 Å². The summed E-state index contributed by atoms with van der Waals surface area (Å²) >= 11 is 0. The Morgan fingerprint density at radius 2 is 1.94 bits per heavy atom. The van der Waals surface area contributed by atoms with Gasteiger partial charge in [-0.15, -0.1) is 0 Å². The highest BCUT2D eigenvalue weighted by Crippen LogP contribution is 2.28. The van der Waals surface area contributed by atoms with Crippen LogP contribution in [0.25, 0.3) is 0 Å². The van der Waals surface area contributed by atoms with Gasteiger partial charge in [-0.25, -0.2) is 0 Å². The van der Waals surface area contributed by atoms with E-state index in [4.69, 9.17) is 4.74 Å². The fraction of sp³-hybridized carbons (Fsp3) is 0.857. The molecule has 0 bridgehead atoms. The van der Waals surface area contributed by atoms with Crippen molar-refractivity contribution >= 4 is 11.9 Å². The Bertz CT molecular complexity index is 260. The van der Waals surface area contributed by atoms with Crippen molar-refractivity contribution in [1.82, 2.24) is 5.32 Å². The smallest absolute Gasteiger partial charge is 0.307 e. The van der Waals surface area contributed by atoms with Gasteiger partial charge < -0.3 is 10.1 Å². The lowest BCUT2D eigenvalue weighted by Gasteiger charge is -2.09. The topological polar surface area (TPSA) is 55.4 Å². The van der Waals surface area contributed by atoms with Crippen LogP contribution in [0.2, 0.25) is 0 Å². The number of carbonyl (C=O) groups is 2. The van der Waals surface area contributed by atoms with Crippen LogP contribution >= 0.6 is 0 Å². The van der Waals surface area contributed by atoms with E-state index in [-0.39, 0.29) is 18.3 Å². The van der Waals surface area contributed by atoms with Gasteiger partial charge >= 0.3 is 5.97 Å². The normalized spacial score (nSPS) is 15.6. The first-order valence-corrected chi connectivity index (χ1v) is 7.14. The molecule has 104 valence electrons. The van der Waals surface area contributed by atoms with Gasteiger partial charge in [0.1, 0.15) is 0 Å². The van der Waals surface area contributed by atoms with Crippen LogP contribution in [0.5, 0.6) is 0 Å². The van der Waals surface area contributed by atoms with Gasteiger partial charge in [-0.05, 0) is 18.8 Å². The summed E-state index contributed by atoms with van der Waals surface area (Å²) in [5.41, 5.74) is 0. The quantitative estimate of drug-likeness (QED) is 0.678. The number of carbonyl (C=O) groups excluding carboxylic acids is 2. The Hall–Kier alpha value is -1.06. The van der Waals surface area contributed by atoms with E-state index in [0.29, 0.717) is 19.6 Å². The molecule has 1 N–H and O–H groups in total. The molecule has 0 aromatic heterocycles. The van der Waals surface area contributed by atoms with Crippen LogP contribution in [0.4, 0.5) is 0 Å².